The van der Waals surface area contributed by atoms with Gasteiger partial charge in [0.05, 0.1) is 23.3 Å². The molecule has 0 aliphatic heterocycles. The zero-order valence-electron chi connectivity index (χ0n) is 20.1. The third kappa shape index (κ3) is 6.65. The van der Waals surface area contributed by atoms with Crippen LogP contribution in [0.4, 0.5) is 5.69 Å². The summed E-state index contributed by atoms with van der Waals surface area (Å²) in [4.78, 5) is 12.1. The number of anilines is 1. The van der Waals surface area contributed by atoms with E-state index in [0.29, 0.717) is 35.3 Å². The van der Waals surface area contributed by atoms with Gasteiger partial charge in [-0.05, 0) is 66.8 Å². The molecule has 0 amide bonds. The van der Waals surface area contributed by atoms with E-state index in [4.69, 9.17) is 4.74 Å². The molecule has 3 aromatic rings. The van der Waals surface area contributed by atoms with Crippen LogP contribution in [0.5, 0.6) is 5.75 Å². The number of methoxy groups -OCH3 is 1. The smallest absolute Gasteiger partial charge is 0.337 e. The van der Waals surface area contributed by atoms with E-state index in [1.165, 1.54) is 19.2 Å². The van der Waals surface area contributed by atoms with Crippen molar-refractivity contribution >= 4 is 21.7 Å². The highest BCUT2D eigenvalue weighted by Gasteiger charge is 2.24. The molecule has 3 aromatic carbocycles. The second-order valence-corrected chi connectivity index (χ2v) is 9.82. The molecule has 0 aliphatic carbocycles. The molecule has 3 rings (SSSR count). The molecular formula is C28H29NO5S. The van der Waals surface area contributed by atoms with Gasteiger partial charge in [-0.3, -0.25) is 4.72 Å². The van der Waals surface area contributed by atoms with Crippen LogP contribution in [0.3, 0.4) is 0 Å². The summed E-state index contributed by atoms with van der Waals surface area (Å²) in [7, 11) is -2.59. The molecule has 2 N–H and O–H groups in total. The van der Waals surface area contributed by atoms with Crippen LogP contribution in [0.2, 0.25) is 0 Å². The monoisotopic (exact) mass is 491 g/mol. The van der Waals surface area contributed by atoms with Crippen molar-refractivity contribution in [1.29, 1.82) is 0 Å². The Hall–Kier alpha value is -3.76. The van der Waals surface area contributed by atoms with Gasteiger partial charge in [0, 0.05) is 12.0 Å². The zero-order valence-corrected chi connectivity index (χ0v) is 20.9. The number of nitrogens with one attached hydrogen (secondary N) is 1. The number of ether oxygens (including phenoxy) is 1. The third-order valence-corrected chi connectivity index (χ3v) is 6.94. The number of aromatic carboxylic acids is 1. The standard InChI is InChI=1S/C28H29NO5S/c1-4-5-6-8-13-22-16-20(2)27(25(18-22)28(30)31)29-35(32,33)26-15-14-24(34-3)19-23(26)17-21-11-9-7-10-12-21/h7,9-12,14-16,18-19,29H,4-6,17H2,1-3H3,(H,30,31). The fraction of sp³-hybridized carbons (Fsp3) is 0.250. The van der Waals surface area contributed by atoms with E-state index in [0.717, 1.165) is 18.4 Å². The molecule has 6 nitrogen and oxygen atoms in total. The van der Waals surface area contributed by atoms with Gasteiger partial charge in [-0.25, -0.2) is 13.2 Å². The molecule has 0 fully saturated rings. The third-order valence-electron chi connectivity index (χ3n) is 5.48. The SMILES string of the molecule is CCCCC#Cc1cc(C)c(NS(=O)(=O)c2ccc(OC)cc2Cc2ccccc2)c(C(=O)O)c1. The van der Waals surface area contributed by atoms with Crippen LogP contribution in [0.25, 0.3) is 0 Å². The van der Waals surface area contributed by atoms with Crippen LogP contribution in [-0.2, 0) is 16.4 Å². The quantitative estimate of drug-likeness (QED) is 0.299. The van der Waals surface area contributed by atoms with Gasteiger partial charge in [0.25, 0.3) is 10.0 Å². The number of rotatable bonds is 9. The van der Waals surface area contributed by atoms with Gasteiger partial charge < -0.3 is 9.84 Å². The van der Waals surface area contributed by atoms with E-state index in [2.05, 4.69) is 23.5 Å². The number of hydrogen-bond acceptors (Lipinski definition) is 4. The first-order chi connectivity index (χ1) is 16.7. The van der Waals surface area contributed by atoms with E-state index in [1.54, 1.807) is 25.1 Å². The summed E-state index contributed by atoms with van der Waals surface area (Å²) in [6, 6.07) is 17.3. The molecule has 7 heteroatoms. The number of sulfonamides is 1. The normalized spacial score (nSPS) is 10.8. The summed E-state index contributed by atoms with van der Waals surface area (Å²) in [5.74, 6) is 5.32. The molecule has 0 saturated carbocycles. The number of unbranched alkanes of at least 4 members (excludes halogenated alkanes) is 2. The van der Waals surface area contributed by atoms with Gasteiger partial charge in [-0.15, -0.1) is 0 Å². The maximum absolute atomic E-state index is 13.5. The first kappa shape index (κ1) is 25.9. The predicted molar refractivity (Wildman–Crippen MR) is 138 cm³/mol. The molecule has 0 aromatic heterocycles. The Morgan fingerprint density at radius 1 is 1.09 bits per heavy atom. The second kappa shape index (κ2) is 11.6. The number of hydrogen-bond donors (Lipinski definition) is 2. The van der Waals surface area contributed by atoms with Gasteiger partial charge in [-0.2, -0.15) is 0 Å². The minimum Gasteiger partial charge on any atom is -0.497 e. The molecule has 0 unspecified atom stereocenters. The lowest BCUT2D eigenvalue weighted by atomic mass is 10.0. The molecular weight excluding hydrogens is 462 g/mol. The number of aryl methyl sites for hydroxylation is 1. The van der Waals surface area contributed by atoms with Crippen molar-refractivity contribution in [2.24, 2.45) is 0 Å². The fourth-order valence-electron chi connectivity index (χ4n) is 3.68. The average molecular weight is 492 g/mol. The largest absolute Gasteiger partial charge is 0.497 e. The molecule has 35 heavy (non-hydrogen) atoms. The van der Waals surface area contributed by atoms with Crippen molar-refractivity contribution < 1.29 is 23.1 Å². The number of carboxylic acid groups (broad SMARTS) is 1. The van der Waals surface area contributed by atoms with E-state index < -0.39 is 16.0 Å². The Kier molecular flexibility index (Phi) is 8.56. The highest BCUT2D eigenvalue weighted by molar-refractivity contribution is 7.92. The molecule has 0 bridgehead atoms. The number of carboxylic acids is 1. The van der Waals surface area contributed by atoms with E-state index in [1.807, 2.05) is 30.3 Å². The van der Waals surface area contributed by atoms with Crippen LogP contribution in [-0.4, -0.2) is 26.6 Å². The summed E-state index contributed by atoms with van der Waals surface area (Å²) in [5, 5.41) is 9.81. The van der Waals surface area contributed by atoms with Crippen LogP contribution >= 0.6 is 0 Å². The van der Waals surface area contributed by atoms with Gasteiger partial charge >= 0.3 is 5.97 Å². The molecule has 0 spiro atoms. The minimum atomic E-state index is -4.11. The Morgan fingerprint density at radius 2 is 1.83 bits per heavy atom. The van der Waals surface area contributed by atoms with Crippen molar-refractivity contribution in [3.63, 3.8) is 0 Å². The number of benzene rings is 3. The van der Waals surface area contributed by atoms with Crippen molar-refractivity contribution in [2.45, 2.75) is 44.4 Å². The zero-order chi connectivity index (χ0) is 25.4. The van der Waals surface area contributed by atoms with Crippen molar-refractivity contribution in [3.05, 3.63) is 88.5 Å². The molecule has 0 heterocycles. The molecule has 0 atom stereocenters. The summed E-state index contributed by atoms with van der Waals surface area (Å²) < 4.78 is 34.8. The van der Waals surface area contributed by atoms with Crippen LogP contribution in [0.1, 0.15) is 58.8 Å². The van der Waals surface area contributed by atoms with Crippen molar-refractivity contribution in [3.8, 4) is 17.6 Å². The van der Waals surface area contributed by atoms with Gasteiger partial charge in [0.1, 0.15) is 5.75 Å². The van der Waals surface area contributed by atoms with Crippen molar-refractivity contribution in [2.75, 3.05) is 11.8 Å². The summed E-state index contributed by atoms with van der Waals surface area (Å²) >= 11 is 0. The van der Waals surface area contributed by atoms with E-state index in [9.17, 15) is 18.3 Å². The lowest BCUT2D eigenvalue weighted by Gasteiger charge is -2.17. The predicted octanol–water partition coefficient (Wildman–Crippen LogP) is 5.64. The summed E-state index contributed by atoms with van der Waals surface area (Å²) in [6.07, 6.45) is 3.06. The second-order valence-electron chi connectivity index (χ2n) is 8.17. The average Bonchev–Trinajstić information content (AvgIpc) is 2.83. The van der Waals surface area contributed by atoms with Crippen LogP contribution in [0.15, 0.2) is 65.6 Å². The molecule has 0 radical (unpaired) electrons. The van der Waals surface area contributed by atoms with Crippen molar-refractivity contribution in [1.82, 2.24) is 0 Å². The first-order valence-electron chi connectivity index (χ1n) is 11.4. The topological polar surface area (TPSA) is 92.7 Å². The first-order valence-corrected chi connectivity index (χ1v) is 12.8. The Morgan fingerprint density at radius 3 is 2.49 bits per heavy atom. The van der Waals surface area contributed by atoms with Crippen LogP contribution in [0, 0.1) is 18.8 Å². The molecule has 0 saturated heterocycles. The van der Waals surface area contributed by atoms with Crippen LogP contribution < -0.4 is 9.46 Å². The lowest BCUT2D eigenvalue weighted by Crippen LogP contribution is -2.18. The Labute approximate surface area is 207 Å². The Bertz CT molecular complexity index is 1370. The van der Waals surface area contributed by atoms with Gasteiger partial charge in [0.2, 0.25) is 0 Å². The fourth-order valence-corrected chi connectivity index (χ4v) is 5.05. The Balaban J connectivity index is 2.02. The van der Waals surface area contributed by atoms with Gasteiger partial charge in [0.15, 0.2) is 0 Å². The maximum Gasteiger partial charge on any atom is 0.337 e. The highest BCUT2D eigenvalue weighted by Crippen LogP contribution is 2.29. The highest BCUT2D eigenvalue weighted by atomic mass is 32.2. The molecule has 182 valence electrons. The minimum absolute atomic E-state index is 0.0260. The van der Waals surface area contributed by atoms with Gasteiger partial charge in [-0.1, -0.05) is 55.5 Å². The lowest BCUT2D eigenvalue weighted by molar-refractivity contribution is 0.0698. The van der Waals surface area contributed by atoms with E-state index in [-0.39, 0.29) is 16.1 Å². The molecule has 0 aliphatic rings. The number of carbonyl (C=O) groups is 1. The maximum atomic E-state index is 13.5. The van der Waals surface area contributed by atoms with E-state index >= 15 is 0 Å². The summed E-state index contributed by atoms with van der Waals surface area (Å²) in [5.41, 5.74) is 2.37. The summed E-state index contributed by atoms with van der Waals surface area (Å²) in [6.45, 7) is 3.74.